The fourth-order valence-electron chi connectivity index (χ4n) is 2.16. The number of allylic oxidation sites excluding steroid dienone is 3. The molecule has 0 aliphatic heterocycles. The number of hydrogen-bond acceptors (Lipinski definition) is 4. The Morgan fingerprint density at radius 3 is 1.81 bits per heavy atom. The van der Waals surface area contributed by atoms with Crippen LogP contribution in [-0.2, 0) is 19.1 Å². The first-order chi connectivity index (χ1) is 12.1. The Morgan fingerprint density at radius 1 is 0.710 bits per heavy atom. The van der Waals surface area contributed by atoms with Gasteiger partial charge in [-0.05, 0) is 44.4 Å². The minimum Gasteiger partial charge on any atom is -0.462 e. The van der Waals surface area contributed by atoms with E-state index in [2.05, 4.69) is 25.8 Å². The van der Waals surface area contributed by atoms with Gasteiger partial charge in [0.15, 0.2) is 0 Å². The Hall–Kier alpha value is -2.36. The Bertz CT molecular complexity index is 476. The normalized spacial score (nSPS) is 9.68. The molecule has 0 aliphatic carbocycles. The Balaban J connectivity index is -0.000000192. The summed E-state index contributed by atoms with van der Waals surface area (Å²) >= 11 is 0. The fraction of sp³-hybridized carbons (Fsp3) is 0.556. The van der Waals surface area contributed by atoms with Crippen molar-refractivity contribution in [2.24, 2.45) is 5.92 Å². The molecule has 0 N–H and O–H groups in total. The maximum absolute atomic E-state index is 10.9. The summed E-state index contributed by atoms with van der Waals surface area (Å²) in [5, 5.41) is 0. The molecule has 0 amide bonds. The smallest absolute Gasteiger partial charge is 0.330 e. The Kier molecular flexibility index (Phi) is 52.9. The van der Waals surface area contributed by atoms with Crippen molar-refractivity contribution in [2.45, 2.75) is 83.1 Å². The van der Waals surface area contributed by atoms with E-state index in [4.69, 9.17) is 9.47 Å². The van der Waals surface area contributed by atoms with Crippen LogP contribution >= 0.6 is 0 Å². The molecule has 0 saturated heterocycles. The Morgan fingerprint density at radius 2 is 1.26 bits per heavy atom. The van der Waals surface area contributed by atoms with Crippen LogP contribution in [0.25, 0.3) is 0 Å². The topological polar surface area (TPSA) is 52.6 Å². The third kappa shape index (κ3) is 32.5. The number of hydrogen-bond donors (Lipinski definition) is 0. The van der Waals surface area contributed by atoms with Crippen LogP contribution < -0.4 is 0 Å². The van der Waals surface area contributed by atoms with Gasteiger partial charge in [-0.15, -0.1) is 6.58 Å². The van der Waals surface area contributed by atoms with E-state index in [9.17, 15) is 9.59 Å². The molecule has 0 aromatic carbocycles. The van der Waals surface area contributed by atoms with E-state index >= 15 is 0 Å². The molecule has 0 spiro atoms. The second kappa shape index (κ2) is 35.1. The molecule has 0 aromatic rings. The van der Waals surface area contributed by atoms with Crippen LogP contribution in [0.1, 0.15) is 83.1 Å². The minimum absolute atomic E-state index is 0. The predicted molar refractivity (Wildman–Crippen MR) is 142 cm³/mol. The van der Waals surface area contributed by atoms with Crippen molar-refractivity contribution in [3.8, 4) is 0 Å². The molecule has 1 unspecified atom stereocenters. The average molecular weight is 443 g/mol. The molecule has 4 nitrogen and oxygen atoms in total. The summed E-state index contributed by atoms with van der Waals surface area (Å²) in [6.45, 7) is 11.2. The summed E-state index contributed by atoms with van der Waals surface area (Å²) in [5.74, 6) is -0.219. The van der Waals surface area contributed by atoms with Crippen molar-refractivity contribution < 1.29 is 19.1 Å². The lowest BCUT2D eigenvalue weighted by molar-refractivity contribution is -0.138. The minimum atomic E-state index is -0.401. The molecule has 0 rings (SSSR count). The van der Waals surface area contributed by atoms with E-state index < -0.39 is 5.97 Å². The van der Waals surface area contributed by atoms with Crippen LogP contribution in [0.4, 0.5) is 0 Å². The first-order valence-electron chi connectivity index (χ1n) is 8.63. The standard InChI is InChI=1S/C21H30O4.6CH4/c1-4-14-19(16-11-9-13-18-25-21(23)6-3)15-10-7-8-12-17-24-20(22)5-2;;;;;;/h4-6,8-9,11-12,19H,1-3,7,10,13-18H2;6*1H4/b11-9-,12-8-;;;;;;. The van der Waals surface area contributed by atoms with E-state index in [0.717, 1.165) is 38.2 Å². The lowest BCUT2D eigenvalue weighted by Crippen LogP contribution is -2.01. The number of unbranched alkanes of at least 4 members (excludes halogenated alkanes) is 1. The first-order valence-corrected chi connectivity index (χ1v) is 8.63. The maximum Gasteiger partial charge on any atom is 0.330 e. The molecule has 0 saturated carbocycles. The maximum atomic E-state index is 10.9. The summed E-state index contributed by atoms with van der Waals surface area (Å²) in [6.07, 6.45) is 18.2. The molecule has 0 aromatic heterocycles. The van der Waals surface area contributed by atoms with Gasteiger partial charge in [0.05, 0.1) is 6.61 Å². The van der Waals surface area contributed by atoms with Gasteiger partial charge in [0.25, 0.3) is 0 Å². The second-order valence-electron chi connectivity index (χ2n) is 5.49. The highest BCUT2D eigenvalue weighted by molar-refractivity contribution is 5.81. The van der Waals surface area contributed by atoms with Crippen LogP contribution in [0.2, 0.25) is 0 Å². The van der Waals surface area contributed by atoms with Crippen molar-refractivity contribution in [3.05, 3.63) is 62.3 Å². The van der Waals surface area contributed by atoms with Crippen LogP contribution in [0.15, 0.2) is 62.3 Å². The lowest BCUT2D eigenvalue weighted by Gasteiger charge is -2.11. The first kappa shape index (κ1) is 46.7. The zero-order valence-corrected chi connectivity index (χ0v) is 15.0. The van der Waals surface area contributed by atoms with Crippen molar-refractivity contribution in [3.63, 3.8) is 0 Å². The molecule has 4 heteroatoms. The quantitative estimate of drug-likeness (QED) is 0.110. The predicted octanol–water partition coefficient (Wildman–Crippen LogP) is 8.52. The molecule has 0 radical (unpaired) electrons. The largest absolute Gasteiger partial charge is 0.462 e. The highest BCUT2D eigenvalue weighted by Crippen LogP contribution is 2.18. The fourth-order valence-corrected chi connectivity index (χ4v) is 2.16. The van der Waals surface area contributed by atoms with Crippen molar-refractivity contribution in [2.75, 3.05) is 13.2 Å². The molecule has 0 aliphatic rings. The SMILES string of the molecule is C.C.C.C.C.C.C=CCC(C/C=C\CCOC(=O)C=C)CCC/C=C\COC(=O)C=C. The zero-order valence-electron chi connectivity index (χ0n) is 15.0. The van der Waals surface area contributed by atoms with Gasteiger partial charge >= 0.3 is 11.9 Å². The molecule has 0 fully saturated rings. The van der Waals surface area contributed by atoms with E-state index in [-0.39, 0.29) is 50.5 Å². The molecule has 186 valence electrons. The van der Waals surface area contributed by atoms with Gasteiger partial charge in [-0.2, -0.15) is 0 Å². The van der Waals surface area contributed by atoms with E-state index in [0.29, 0.717) is 25.6 Å². The van der Waals surface area contributed by atoms with Gasteiger partial charge in [0, 0.05) is 12.2 Å². The number of ether oxygens (including phenoxy) is 2. The van der Waals surface area contributed by atoms with E-state index in [1.807, 2.05) is 24.3 Å². The molecule has 0 bridgehead atoms. The monoisotopic (exact) mass is 442 g/mol. The summed E-state index contributed by atoms with van der Waals surface area (Å²) in [4.78, 5) is 21.7. The summed E-state index contributed by atoms with van der Waals surface area (Å²) in [6, 6.07) is 0. The zero-order chi connectivity index (χ0) is 18.8. The second-order valence-corrected chi connectivity index (χ2v) is 5.49. The summed E-state index contributed by atoms with van der Waals surface area (Å²) in [7, 11) is 0. The van der Waals surface area contributed by atoms with Gasteiger partial charge in [-0.3, -0.25) is 0 Å². The van der Waals surface area contributed by atoms with Crippen LogP contribution in [0, 0.1) is 5.92 Å². The molecular formula is C27H54O4. The average Bonchev–Trinajstić information content (AvgIpc) is 2.62. The van der Waals surface area contributed by atoms with E-state index in [1.54, 1.807) is 0 Å². The number of carbonyl (C=O) groups is 2. The van der Waals surface area contributed by atoms with Gasteiger partial charge in [-0.25, -0.2) is 9.59 Å². The highest BCUT2D eigenvalue weighted by atomic mass is 16.5. The Labute approximate surface area is 195 Å². The third-order valence-corrected chi connectivity index (χ3v) is 3.47. The van der Waals surface area contributed by atoms with Gasteiger partial charge in [-0.1, -0.05) is 88.1 Å². The number of rotatable bonds is 15. The summed E-state index contributed by atoms with van der Waals surface area (Å²) < 4.78 is 9.77. The highest BCUT2D eigenvalue weighted by Gasteiger charge is 2.04. The third-order valence-electron chi connectivity index (χ3n) is 3.47. The van der Waals surface area contributed by atoms with Crippen molar-refractivity contribution in [1.29, 1.82) is 0 Å². The number of esters is 2. The van der Waals surface area contributed by atoms with Crippen LogP contribution in [-0.4, -0.2) is 25.2 Å². The van der Waals surface area contributed by atoms with Crippen molar-refractivity contribution in [1.82, 2.24) is 0 Å². The van der Waals surface area contributed by atoms with E-state index in [1.165, 1.54) is 6.08 Å². The molecular weight excluding hydrogens is 388 g/mol. The van der Waals surface area contributed by atoms with Gasteiger partial charge in [0.1, 0.15) is 6.61 Å². The van der Waals surface area contributed by atoms with Gasteiger partial charge in [0.2, 0.25) is 0 Å². The molecule has 31 heavy (non-hydrogen) atoms. The summed E-state index contributed by atoms with van der Waals surface area (Å²) in [5.41, 5.74) is 0. The lowest BCUT2D eigenvalue weighted by atomic mass is 9.94. The van der Waals surface area contributed by atoms with Crippen molar-refractivity contribution >= 4 is 11.9 Å². The number of carbonyl (C=O) groups excluding carboxylic acids is 2. The molecule has 1 atom stereocenters. The van der Waals surface area contributed by atoms with Gasteiger partial charge < -0.3 is 9.47 Å². The van der Waals surface area contributed by atoms with Crippen LogP contribution in [0.5, 0.6) is 0 Å². The molecule has 0 heterocycles. The van der Waals surface area contributed by atoms with Crippen LogP contribution in [0.3, 0.4) is 0 Å².